The first-order valence-corrected chi connectivity index (χ1v) is 6.71. The van der Waals surface area contributed by atoms with E-state index in [1.165, 1.54) is 12.8 Å². The first-order chi connectivity index (χ1) is 8.81. The minimum atomic E-state index is 0.284. The van der Waals surface area contributed by atoms with Crippen LogP contribution in [-0.2, 0) is 0 Å². The van der Waals surface area contributed by atoms with Crippen LogP contribution in [0.4, 0.5) is 5.69 Å². The highest BCUT2D eigenvalue weighted by atomic mass is 35.5. The minimum Gasteiger partial charge on any atom is -0.454 e. The summed E-state index contributed by atoms with van der Waals surface area (Å²) < 4.78 is 10.7. The molecule has 3 nitrogen and oxygen atoms in total. The fraction of sp³-hybridized carbons (Fsp3) is 0.429. The van der Waals surface area contributed by atoms with E-state index in [2.05, 4.69) is 17.5 Å². The molecule has 0 radical (unpaired) electrons. The number of ether oxygens (including phenoxy) is 2. The maximum absolute atomic E-state index is 6.26. The summed E-state index contributed by atoms with van der Waals surface area (Å²) >= 11 is 6.26. The van der Waals surface area contributed by atoms with Gasteiger partial charge in [0.25, 0.3) is 0 Å². The molecule has 1 saturated carbocycles. The Labute approximate surface area is 111 Å². The first-order valence-electron chi connectivity index (χ1n) is 6.33. The maximum atomic E-state index is 6.26. The van der Waals surface area contributed by atoms with Gasteiger partial charge in [-0.2, -0.15) is 0 Å². The van der Waals surface area contributed by atoms with Crippen molar-refractivity contribution < 1.29 is 9.47 Å². The first kappa shape index (κ1) is 10.6. The third-order valence-electron chi connectivity index (χ3n) is 4.17. The summed E-state index contributed by atoms with van der Waals surface area (Å²) in [5.74, 6) is 3.03. The second kappa shape index (κ2) is 3.82. The van der Waals surface area contributed by atoms with E-state index in [1.807, 2.05) is 12.1 Å². The number of rotatable bonds is 2. The third-order valence-corrected chi connectivity index (χ3v) is 4.48. The van der Waals surface area contributed by atoms with Crippen molar-refractivity contribution in [1.29, 1.82) is 0 Å². The van der Waals surface area contributed by atoms with Crippen LogP contribution in [0.5, 0.6) is 11.5 Å². The molecule has 0 aromatic heterocycles. The van der Waals surface area contributed by atoms with Crippen LogP contribution in [0.3, 0.4) is 0 Å². The number of hydrogen-bond acceptors (Lipinski definition) is 3. The maximum Gasteiger partial charge on any atom is 0.231 e. The summed E-state index contributed by atoms with van der Waals surface area (Å²) in [4.78, 5) is 0. The van der Waals surface area contributed by atoms with Gasteiger partial charge in [-0.3, -0.25) is 0 Å². The Kier molecular flexibility index (Phi) is 2.24. The quantitative estimate of drug-likeness (QED) is 0.829. The predicted octanol–water partition coefficient (Wildman–Crippen LogP) is 3.45. The number of halogens is 1. The van der Waals surface area contributed by atoms with Crippen LogP contribution in [0.25, 0.3) is 0 Å². The van der Waals surface area contributed by atoms with E-state index in [4.69, 9.17) is 21.1 Å². The van der Waals surface area contributed by atoms with E-state index in [-0.39, 0.29) is 6.79 Å². The number of hydrogen-bond donors (Lipinski definition) is 1. The average Bonchev–Trinajstić information content (AvgIpc) is 2.92. The van der Waals surface area contributed by atoms with Gasteiger partial charge in [0.1, 0.15) is 0 Å². The minimum absolute atomic E-state index is 0.284. The molecule has 1 aromatic rings. The van der Waals surface area contributed by atoms with Gasteiger partial charge < -0.3 is 14.8 Å². The van der Waals surface area contributed by atoms with Gasteiger partial charge in [-0.25, -0.2) is 0 Å². The normalized spacial score (nSPS) is 31.1. The molecule has 0 bridgehead atoms. The zero-order valence-electron chi connectivity index (χ0n) is 9.86. The summed E-state index contributed by atoms with van der Waals surface area (Å²) in [6, 6.07) is 4.27. The van der Waals surface area contributed by atoms with Gasteiger partial charge in [0.15, 0.2) is 11.5 Å². The lowest BCUT2D eigenvalue weighted by Gasteiger charge is -2.41. The molecule has 1 heterocycles. The molecule has 3 atom stereocenters. The van der Waals surface area contributed by atoms with Crippen molar-refractivity contribution in [2.75, 3.05) is 12.1 Å². The monoisotopic (exact) mass is 263 g/mol. The summed E-state index contributed by atoms with van der Waals surface area (Å²) in [5.41, 5.74) is 0.949. The van der Waals surface area contributed by atoms with Crippen LogP contribution in [0.15, 0.2) is 24.3 Å². The number of nitrogens with one attached hydrogen (secondary N) is 1. The SMILES string of the molecule is Clc1cc2c(cc1NC1CC3CC=CC31)OCO2. The van der Waals surface area contributed by atoms with Crippen molar-refractivity contribution in [1.82, 2.24) is 0 Å². The molecule has 3 unspecified atom stereocenters. The molecule has 4 rings (SSSR count). The Morgan fingerprint density at radius 1 is 1.22 bits per heavy atom. The second-order valence-corrected chi connectivity index (χ2v) is 5.58. The van der Waals surface area contributed by atoms with Crippen LogP contribution in [-0.4, -0.2) is 12.8 Å². The smallest absolute Gasteiger partial charge is 0.231 e. The van der Waals surface area contributed by atoms with Gasteiger partial charge in [0.2, 0.25) is 6.79 Å². The molecule has 1 aromatic carbocycles. The average molecular weight is 264 g/mol. The summed E-state index contributed by atoms with van der Waals surface area (Å²) in [6.07, 6.45) is 7.07. The van der Waals surface area contributed by atoms with Crippen LogP contribution in [0, 0.1) is 11.8 Å². The van der Waals surface area contributed by atoms with Gasteiger partial charge in [0.05, 0.1) is 10.7 Å². The van der Waals surface area contributed by atoms with Crippen LogP contribution in [0.2, 0.25) is 5.02 Å². The molecule has 18 heavy (non-hydrogen) atoms. The Morgan fingerprint density at radius 3 is 2.89 bits per heavy atom. The molecule has 1 N–H and O–H groups in total. The lowest BCUT2D eigenvalue weighted by molar-refractivity contribution is 0.174. The van der Waals surface area contributed by atoms with Crippen molar-refractivity contribution in [3.05, 3.63) is 29.3 Å². The number of anilines is 1. The van der Waals surface area contributed by atoms with Crippen LogP contribution >= 0.6 is 11.6 Å². The molecule has 0 saturated heterocycles. The molecule has 4 heteroatoms. The molecule has 0 amide bonds. The fourth-order valence-electron chi connectivity index (χ4n) is 3.11. The predicted molar refractivity (Wildman–Crippen MR) is 70.3 cm³/mol. The van der Waals surface area contributed by atoms with Crippen molar-refractivity contribution >= 4 is 17.3 Å². The van der Waals surface area contributed by atoms with E-state index in [0.29, 0.717) is 17.0 Å². The summed E-state index contributed by atoms with van der Waals surface area (Å²) in [5, 5.41) is 4.23. The molecule has 2 aliphatic carbocycles. The van der Waals surface area contributed by atoms with Gasteiger partial charge >= 0.3 is 0 Å². The highest BCUT2D eigenvalue weighted by Gasteiger charge is 2.41. The molecular formula is C14H14ClNO2. The van der Waals surface area contributed by atoms with Crippen molar-refractivity contribution in [3.63, 3.8) is 0 Å². The van der Waals surface area contributed by atoms with Gasteiger partial charge in [0, 0.05) is 24.1 Å². The topological polar surface area (TPSA) is 30.5 Å². The lowest BCUT2D eigenvalue weighted by atomic mass is 9.71. The Hall–Kier alpha value is -1.35. The summed E-state index contributed by atoms with van der Waals surface area (Å²) in [7, 11) is 0. The van der Waals surface area contributed by atoms with E-state index in [1.54, 1.807) is 0 Å². The highest BCUT2D eigenvalue weighted by molar-refractivity contribution is 6.33. The number of benzene rings is 1. The lowest BCUT2D eigenvalue weighted by Crippen LogP contribution is -2.43. The van der Waals surface area contributed by atoms with Crippen LogP contribution in [0.1, 0.15) is 12.8 Å². The Morgan fingerprint density at radius 2 is 2.06 bits per heavy atom. The molecule has 1 aliphatic heterocycles. The van der Waals surface area contributed by atoms with E-state index in [9.17, 15) is 0 Å². The van der Waals surface area contributed by atoms with E-state index >= 15 is 0 Å². The van der Waals surface area contributed by atoms with Crippen molar-refractivity contribution in [3.8, 4) is 11.5 Å². The third kappa shape index (κ3) is 1.50. The number of allylic oxidation sites excluding steroid dienone is 1. The van der Waals surface area contributed by atoms with Gasteiger partial charge in [-0.1, -0.05) is 23.8 Å². The summed E-state index contributed by atoms with van der Waals surface area (Å²) in [6.45, 7) is 0.284. The molecule has 0 spiro atoms. The zero-order chi connectivity index (χ0) is 12.1. The largest absolute Gasteiger partial charge is 0.454 e. The van der Waals surface area contributed by atoms with Gasteiger partial charge in [-0.05, 0) is 18.8 Å². The Balaban J connectivity index is 1.56. The molecular weight excluding hydrogens is 250 g/mol. The fourth-order valence-corrected chi connectivity index (χ4v) is 3.32. The second-order valence-electron chi connectivity index (χ2n) is 5.17. The Bertz CT molecular complexity index is 529. The van der Waals surface area contributed by atoms with Crippen molar-refractivity contribution in [2.45, 2.75) is 18.9 Å². The molecule has 1 fully saturated rings. The zero-order valence-corrected chi connectivity index (χ0v) is 10.6. The highest BCUT2D eigenvalue weighted by Crippen LogP contribution is 2.46. The van der Waals surface area contributed by atoms with Crippen LogP contribution < -0.4 is 14.8 Å². The van der Waals surface area contributed by atoms with Crippen molar-refractivity contribution in [2.24, 2.45) is 11.8 Å². The van der Waals surface area contributed by atoms with E-state index in [0.717, 1.165) is 23.1 Å². The van der Waals surface area contributed by atoms with Gasteiger partial charge in [-0.15, -0.1) is 0 Å². The van der Waals surface area contributed by atoms with E-state index < -0.39 is 0 Å². The molecule has 94 valence electrons. The standard InChI is InChI=1S/C14H14ClNO2/c15-10-5-13-14(18-7-17-13)6-12(10)16-11-4-8-2-1-3-9(8)11/h1,3,5-6,8-9,11,16H,2,4,7H2. The number of fused-ring (bicyclic) bond motifs is 2. The molecule has 3 aliphatic rings.